The van der Waals surface area contributed by atoms with Crippen molar-refractivity contribution < 1.29 is 23.5 Å². The molecule has 39 heavy (non-hydrogen) atoms. The molecule has 1 aliphatic rings. The Morgan fingerprint density at radius 3 is 2.41 bits per heavy atom. The van der Waals surface area contributed by atoms with Crippen LogP contribution in [0.4, 0.5) is 21.5 Å². The van der Waals surface area contributed by atoms with Gasteiger partial charge in [-0.25, -0.2) is 4.39 Å². The van der Waals surface area contributed by atoms with E-state index in [1.165, 1.54) is 60.9 Å². The molecule has 0 spiro atoms. The number of methoxy groups -OCH3 is 1. The lowest BCUT2D eigenvalue weighted by molar-refractivity contribution is -0.120. The average Bonchev–Trinajstić information content (AvgIpc) is 3.38. The Morgan fingerprint density at radius 2 is 1.69 bits per heavy atom. The van der Waals surface area contributed by atoms with E-state index in [1.807, 2.05) is 24.3 Å². The van der Waals surface area contributed by atoms with Crippen LogP contribution in [0.3, 0.4) is 0 Å². The second-order valence-corrected chi connectivity index (χ2v) is 9.62. The number of fused-ring (bicyclic) bond motifs is 4. The molecule has 0 saturated heterocycles. The third kappa shape index (κ3) is 3.29. The summed E-state index contributed by atoms with van der Waals surface area (Å²) in [6.07, 6.45) is 1.46. The molecule has 1 amide bonds. The van der Waals surface area contributed by atoms with E-state index in [0.29, 0.717) is 22.2 Å². The highest BCUT2D eigenvalue weighted by atomic mass is 19.1. The lowest BCUT2D eigenvalue weighted by Crippen LogP contribution is -2.43. The van der Waals surface area contributed by atoms with Crippen LogP contribution in [-0.4, -0.2) is 34.3 Å². The predicted octanol–water partition coefficient (Wildman–Crippen LogP) is 5.40. The second kappa shape index (κ2) is 8.49. The van der Waals surface area contributed by atoms with Gasteiger partial charge in [-0.3, -0.25) is 28.8 Å². The van der Waals surface area contributed by atoms with E-state index >= 15 is 0 Å². The minimum absolute atomic E-state index is 0.0131. The molecular formula is C30H23FN4O4. The van der Waals surface area contributed by atoms with Crippen molar-refractivity contribution >= 4 is 56.5 Å². The van der Waals surface area contributed by atoms with Crippen molar-refractivity contribution in [3.05, 3.63) is 90.0 Å². The molecule has 1 aliphatic heterocycles. The van der Waals surface area contributed by atoms with Crippen molar-refractivity contribution in [2.24, 2.45) is 0 Å². The van der Waals surface area contributed by atoms with Crippen LogP contribution in [0.2, 0.25) is 0 Å². The molecule has 6 rings (SSSR count). The average molecular weight is 523 g/mol. The highest BCUT2D eigenvalue weighted by molar-refractivity contribution is 6.29. The molecule has 3 heterocycles. The van der Waals surface area contributed by atoms with Crippen LogP contribution < -0.4 is 15.4 Å². The van der Waals surface area contributed by atoms with Gasteiger partial charge < -0.3 is 10.5 Å². The number of benzene rings is 3. The number of hydrogen-bond acceptors (Lipinski definition) is 6. The molecule has 3 aromatic carbocycles. The predicted molar refractivity (Wildman–Crippen MR) is 146 cm³/mol. The van der Waals surface area contributed by atoms with Crippen LogP contribution in [0, 0.1) is 5.82 Å². The molecule has 0 fully saturated rings. The minimum atomic E-state index is -1.81. The van der Waals surface area contributed by atoms with Gasteiger partial charge in [-0.1, -0.05) is 30.3 Å². The number of ether oxygens (including phenoxy) is 1. The number of carbonyl (C=O) groups excluding carboxylic acids is 3. The van der Waals surface area contributed by atoms with Gasteiger partial charge in [-0.2, -0.15) is 0 Å². The molecule has 5 aromatic rings. The number of rotatable bonds is 4. The van der Waals surface area contributed by atoms with Gasteiger partial charge in [0.25, 0.3) is 0 Å². The van der Waals surface area contributed by atoms with Crippen LogP contribution >= 0.6 is 0 Å². The summed E-state index contributed by atoms with van der Waals surface area (Å²) in [4.78, 5) is 46.4. The van der Waals surface area contributed by atoms with Crippen molar-refractivity contribution in [2.75, 3.05) is 17.7 Å². The van der Waals surface area contributed by atoms with Crippen molar-refractivity contribution in [3.63, 3.8) is 0 Å². The smallest absolute Gasteiger partial charge is 0.250 e. The van der Waals surface area contributed by atoms with E-state index in [-0.39, 0.29) is 34.2 Å². The van der Waals surface area contributed by atoms with Gasteiger partial charge in [0.15, 0.2) is 0 Å². The van der Waals surface area contributed by atoms with Crippen LogP contribution in [0.5, 0.6) is 5.75 Å². The Hall–Kier alpha value is -5.05. The first-order valence-corrected chi connectivity index (χ1v) is 12.2. The molecule has 8 nitrogen and oxygen atoms in total. The topological polar surface area (TPSA) is 108 Å². The summed E-state index contributed by atoms with van der Waals surface area (Å²) in [5.74, 6) is -1.75. The second-order valence-electron chi connectivity index (χ2n) is 9.62. The zero-order valence-electron chi connectivity index (χ0n) is 21.4. The van der Waals surface area contributed by atoms with E-state index in [1.54, 1.807) is 18.2 Å². The first-order chi connectivity index (χ1) is 18.7. The number of anilines is 3. The third-order valence-corrected chi connectivity index (χ3v) is 7.38. The number of nitrogens with zero attached hydrogens (tertiary/aromatic N) is 3. The van der Waals surface area contributed by atoms with Gasteiger partial charge in [0.2, 0.25) is 17.6 Å². The highest BCUT2D eigenvalue weighted by Gasteiger charge is 2.55. The van der Waals surface area contributed by atoms with E-state index in [0.717, 1.165) is 5.39 Å². The number of nitrogens with two attached hydrogens (primary N) is 1. The standard InChI is InChI=1S/C30H23FN4O4/c1-16(36)34-23-10-6-4-8-18(23)19-14-22(33-15-26(19)34)28(37)30(2)27-21(32)12-17(39-3)13-25(27)35(29(30)38)24-11-7-5-9-20(24)31/h4-15H,32H2,1-3H3. The first-order valence-electron chi connectivity index (χ1n) is 12.2. The summed E-state index contributed by atoms with van der Waals surface area (Å²) in [6.45, 7) is 2.93. The summed E-state index contributed by atoms with van der Waals surface area (Å²) >= 11 is 0. The van der Waals surface area contributed by atoms with Crippen molar-refractivity contribution in [3.8, 4) is 5.75 Å². The molecule has 194 valence electrons. The molecule has 2 aromatic heterocycles. The molecule has 9 heteroatoms. The normalized spacial score (nSPS) is 16.6. The van der Waals surface area contributed by atoms with Gasteiger partial charge in [0, 0.05) is 41.1 Å². The molecular weight excluding hydrogens is 499 g/mol. The Bertz CT molecular complexity index is 1880. The van der Waals surface area contributed by atoms with Crippen molar-refractivity contribution in [1.82, 2.24) is 9.55 Å². The van der Waals surface area contributed by atoms with Gasteiger partial charge in [0.1, 0.15) is 22.7 Å². The van der Waals surface area contributed by atoms with E-state index < -0.39 is 22.9 Å². The highest BCUT2D eigenvalue weighted by Crippen LogP contribution is 2.51. The summed E-state index contributed by atoms with van der Waals surface area (Å²) in [6, 6.07) is 17.8. The minimum Gasteiger partial charge on any atom is -0.497 e. The third-order valence-electron chi connectivity index (χ3n) is 7.38. The monoisotopic (exact) mass is 522 g/mol. The zero-order chi connectivity index (χ0) is 27.6. The fourth-order valence-corrected chi connectivity index (χ4v) is 5.57. The molecule has 0 bridgehead atoms. The van der Waals surface area contributed by atoms with Crippen LogP contribution in [0.15, 0.2) is 72.9 Å². The first kappa shape index (κ1) is 24.3. The van der Waals surface area contributed by atoms with E-state index in [2.05, 4.69) is 4.98 Å². The molecule has 0 saturated carbocycles. The maximum Gasteiger partial charge on any atom is 0.250 e. The number of hydrogen-bond donors (Lipinski definition) is 1. The van der Waals surface area contributed by atoms with Gasteiger partial charge in [0.05, 0.1) is 35.7 Å². The van der Waals surface area contributed by atoms with Gasteiger partial charge in [-0.15, -0.1) is 0 Å². The molecule has 0 aliphatic carbocycles. The maximum absolute atomic E-state index is 15.0. The van der Waals surface area contributed by atoms with Crippen molar-refractivity contribution in [2.45, 2.75) is 19.3 Å². The molecule has 1 unspecified atom stereocenters. The molecule has 0 radical (unpaired) electrons. The van der Waals surface area contributed by atoms with Gasteiger partial charge in [-0.05, 0) is 31.2 Å². The largest absolute Gasteiger partial charge is 0.497 e. The lowest BCUT2D eigenvalue weighted by Gasteiger charge is -2.23. The molecule has 1 atom stereocenters. The van der Waals surface area contributed by atoms with Crippen LogP contribution in [-0.2, 0) is 10.2 Å². The molecule has 2 N–H and O–H groups in total. The maximum atomic E-state index is 15.0. The number of aromatic nitrogens is 2. The Balaban J connectivity index is 1.58. The Labute approximate surface area is 222 Å². The number of Topliss-reactive ketones (excluding diaryl/α,β-unsaturated/α-hetero) is 1. The van der Waals surface area contributed by atoms with E-state index in [9.17, 15) is 18.8 Å². The van der Waals surface area contributed by atoms with Crippen molar-refractivity contribution in [1.29, 1.82) is 0 Å². The number of amides is 1. The lowest BCUT2D eigenvalue weighted by atomic mass is 9.77. The fourth-order valence-electron chi connectivity index (χ4n) is 5.57. The quantitative estimate of drug-likeness (QED) is 0.192. The number of pyridine rings is 1. The number of para-hydroxylation sites is 2. The number of carbonyl (C=O) groups is 3. The number of nitrogen functional groups attached to an aromatic ring is 1. The van der Waals surface area contributed by atoms with Crippen LogP contribution in [0.1, 0.15) is 34.7 Å². The van der Waals surface area contributed by atoms with Crippen LogP contribution in [0.25, 0.3) is 21.8 Å². The Morgan fingerprint density at radius 1 is 0.974 bits per heavy atom. The van der Waals surface area contributed by atoms with Gasteiger partial charge >= 0.3 is 0 Å². The number of halogens is 1. The van der Waals surface area contributed by atoms with E-state index in [4.69, 9.17) is 10.5 Å². The summed E-state index contributed by atoms with van der Waals surface area (Å²) in [5, 5.41) is 1.40. The summed E-state index contributed by atoms with van der Waals surface area (Å²) < 4.78 is 21.9. The zero-order valence-corrected chi connectivity index (χ0v) is 21.4. The summed E-state index contributed by atoms with van der Waals surface area (Å²) in [5.41, 5.74) is 6.49. The number of ketones is 1. The summed E-state index contributed by atoms with van der Waals surface area (Å²) in [7, 11) is 1.45. The fraction of sp³-hybridized carbons (Fsp3) is 0.133. The SMILES string of the molecule is COc1cc(N)c2c(c1)N(c1ccccc1F)C(=O)C2(C)C(=O)c1cc2c3ccccc3n(C(C)=O)c2cn1. The Kier molecular flexibility index (Phi) is 5.29.